The van der Waals surface area contributed by atoms with E-state index < -0.39 is 0 Å². The quantitative estimate of drug-likeness (QED) is 0.656. The first-order valence-electron chi connectivity index (χ1n) is 4.74. The Labute approximate surface area is 94.1 Å². The molecule has 0 unspecified atom stereocenters. The molecule has 0 aliphatic rings. The van der Waals surface area contributed by atoms with Gasteiger partial charge in [-0.3, -0.25) is 0 Å². The molecule has 0 spiro atoms. The fourth-order valence-electron chi connectivity index (χ4n) is 1.23. The van der Waals surface area contributed by atoms with Crippen molar-refractivity contribution in [3.05, 3.63) is 27.3 Å². The lowest BCUT2D eigenvalue weighted by atomic mass is 10.2. The van der Waals surface area contributed by atoms with Crippen LogP contribution in [0.3, 0.4) is 0 Å². The van der Waals surface area contributed by atoms with Crippen molar-refractivity contribution in [1.29, 1.82) is 0 Å². The highest BCUT2D eigenvalue weighted by Gasteiger charge is 1.96. The second-order valence-corrected chi connectivity index (χ2v) is 4.49. The van der Waals surface area contributed by atoms with Crippen LogP contribution < -0.4 is 5.32 Å². The molecule has 2 heteroatoms. The Bertz CT molecular complexity index is 271. The van der Waals surface area contributed by atoms with Crippen molar-refractivity contribution in [3.8, 4) is 0 Å². The zero-order chi connectivity index (χ0) is 9.68. The molecule has 1 nitrogen and oxygen atoms in total. The van der Waals surface area contributed by atoms with E-state index in [1.54, 1.807) is 0 Å². The lowest BCUT2D eigenvalue weighted by Gasteiger charge is -2.08. The number of benzene rings is 1. The topological polar surface area (TPSA) is 12.0 Å². The molecule has 0 atom stereocenters. The Morgan fingerprint density at radius 2 is 2.15 bits per heavy atom. The van der Waals surface area contributed by atoms with Crippen LogP contribution in [-0.4, -0.2) is 6.54 Å². The van der Waals surface area contributed by atoms with Gasteiger partial charge in [0, 0.05) is 15.8 Å². The Morgan fingerprint density at radius 3 is 2.77 bits per heavy atom. The van der Waals surface area contributed by atoms with E-state index in [1.807, 2.05) is 0 Å². The lowest BCUT2D eigenvalue weighted by molar-refractivity contribution is 0.833. The van der Waals surface area contributed by atoms with E-state index in [-0.39, 0.29) is 0 Å². The molecular weight excluding hydrogens is 273 g/mol. The number of nitrogens with one attached hydrogen (secondary N) is 1. The number of halogens is 1. The number of hydrogen-bond acceptors (Lipinski definition) is 1. The van der Waals surface area contributed by atoms with Gasteiger partial charge in [0.2, 0.25) is 0 Å². The molecule has 0 saturated carbocycles. The number of rotatable bonds is 4. The summed E-state index contributed by atoms with van der Waals surface area (Å²) in [4.78, 5) is 0. The van der Waals surface area contributed by atoms with E-state index in [0.717, 1.165) is 6.54 Å². The van der Waals surface area contributed by atoms with Gasteiger partial charge in [-0.25, -0.2) is 0 Å². The summed E-state index contributed by atoms with van der Waals surface area (Å²) >= 11 is 2.34. The Morgan fingerprint density at radius 1 is 1.38 bits per heavy atom. The monoisotopic (exact) mass is 289 g/mol. The summed E-state index contributed by atoms with van der Waals surface area (Å²) in [6.45, 7) is 5.44. The molecule has 72 valence electrons. The normalized spacial score (nSPS) is 10.1. The first-order valence-corrected chi connectivity index (χ1v) is 5.82. The highest BCUT2D eigenvalue weighted by molar-refractivity contribution is 14.1. The van der Waals surface area contributed by atoms with Crippen molar-refractivity contribution >= 4 is 28.3 Å². The summed E-state index contributed by atoms with van der Waals surface area (Å²) in [5, 5.41) is 3.44. The zero-order valence-corrected chi connectivity index (χ0v) is 10.4. The third-order valence-corrected chi connectivity index (χ3v) is 2.71. The maximum Gasteiger partial charge on any atom is 0.0370 e. The molecule has 1 N–H and O–H groups in total. The minimum Gasteiger partial charge on any atom is -0.385 e. The summed E-state index contributed by atoms with van der Waals surface area (Å²) in [7, 11) is 0. The molecule has 0 aliphatic carbocycles. The van der Waals surface area contributed by atoms with Gasteiger partial charge in [-0.15, -0.1) is 0 Å². The van der Waals surface area contributed by atoms with E-state index in [9.17, 15) is 0 Å². The van der Waals surface area contributed by atoms with Gasteiger partial charge >= 0.3 is 0 Å². The Kier molecular flexibility index (Phi) is 4.56. The zero-order valence-electron chi connectivity index (χ0n) is 8.23. The first kappa shape index (κ1) is 10.8. The molecule has 13 heavy (non-hydrogen) atoms. The van der Waals surface area contributed by atoms with E-state index in [0.29, 0.717) is 0 Å². The summed E-state index contributed by atoms with van der Waals surface area (Å²) in [6, 6.07) is 6.50. The van der Waals surface area contributed by atoms with Gasteiger partial charge in [0.05, 0.1) is 0 Å². The smallest absolute Gasteiger partial charge is 0.0370 e. The Hall–Kier alpha value is -0.250. The van der Waals surface area contributed by atoms with Gasteiger partial charge in [-0.1, -0.05) is 13.3 Å². The SMILES string of the molecule is CCCCNc1ccc(I)cc1C. The van der Waals surface area contributed by atoms with Crippen LogP contribution in [0.5, 0.6) is 0 Å². The highest BCUT2D eigenvalue weighted by atomic mass is 127. The van der Waals surface area contributed by atoms with Crippen molar-refractivity contribution in [3.63, 3.8) is 0 Å². The maximum atomic E-state index is 3.44. The minimum atomic E-state index is 1.08. The molecule has 1 aromatic carbocycles. The van der Waals surface area contributed by atoms with Gasteiger partial charge in [0.1, 0.15) is 0 Å². The van der Waals surface area contributed by atoms with E-state index in [4.69, 9.17) is 0 Å². The predicted molar refractivity (Wildman–Crippen MR) is 67.3 cm³/mol. The number of aryl methyl sites for hydroxylation is 1. The summed E-state index contributed by atoms with van der Waals surface area (Å²) in [5.41, 5.74) is 2.61. The van der Waals surface area contributed by atoms with Crippen molar-refractivity contribution in [1.82, 2.24) is 0 Å². The van der Waals surface area contributed by atoms with Crippen LogP contribution in [0.25, 0.3) is 0 Å². The van der Waals surface area contributed by atoms with Crippen molar-refractivity contribution in [2.24, 2.45) is 0 Å². The standard InChI is InChI=1S/C11H16IN/c1-3-4-7-13-11-6-5-10(12)8-9(11)2/h5-6,8,13H,3-4,7H2,1-2H3. The number of unbranched alkanes of at least 4 members (excludes halogenated alkanes) is 1. The molecule has 0 aromatic heterocycles. The Balaban J connectivity index is 2.56. The van der Waals surface area contributed by atoms with Crippen LogP contribution in [0.15, 0.2) is 18.2 Å². The molecule has 0 saturated heterocycles. The van der Waals surface area contributed by atoms with Crippen LogP contribution in [0, 0.1) is 10.5 Å². The number of anilines is 1. The van der Waals surface area contributed by atoms with Crippen molar-refractivity contribution < 1.29 is 0 Å². The van der Waals surface area contributed by atoms with Crippen LogP contribution >= 0.6 is 22.6 Å². The average molecular weight is 289 g/mol. The fraction of sp³-hybridized carbons (Fsp3) is 0.455. The van der Waals surface area contributed by atoms with Crippen LogP contribution in [0.2, 0.25) is 0 Å². The predicted octanol–water partition coefficient (Wildman–Crippen LogP) is 3.81. The third kappa shape index (κ3) is 3.55. The minimum absolute atomic E-state index is 1.08. The van der Waals surface area contributed by atoms with E-state index >= 15 is 0 Å². The van der Waals surface area contributed by atoms with Gasteiger partial charge < -0.3 is 5.32 Å². The van der Waals surface area contributed by atoms with Crippen molar-refractivity contribution in [2.45, 2.75) is 26.7 Å². The molecule has 0 radical (unpaired) electrons. The average Bonchev–Trinajstić information content (AvgIpc) is 2.09. The molecule has 0 bridgehead atoms. The largest absolute Gasteiger partial charge is 0.385 e. The molecular formula is C11H16IN. The van der Waals surface area contributed by atoms with Gasteiger partial charge in [-0.05, 0) is 59.7 Å². The van der Waals surface area contributed by atoms with E-state index in [1.165, 1.54) is 27.7 Å². The third-order valence-electron chi connectivity index (χ3n) is 2.03. The molecule has 0 fully saturated rings. The van der Waals surface area contributed by atoms with Gasteiger partial charge in [-0.2, -0.15) is 0 Å². The summed E-state index contributed by atoms with van der Waals surface area (Å²) < 4.78 is 1.30. The van der Waals surface area contributed by atoms with Gasteiger partial charge in [0.25, 0.3) is 0 Å². The first-order chi connectivity index (χ1) is 6.24. The molecule has 1 aromatic rings. The second kappa shape index (κ2) is 5.47. The van der Waals surface area contributed by atoms with Crippen molar-refractivity contribution in [2.75, 3.05) is 11.9 Å². The number of hydrogen-bond donors (Lipinski definition) is 1. The maximum absolute atomic E-state index is 3.44. The van der Waals surface area contributed by atoms with Crippen LogP contribution in [0.1, 0.15) is 25.3 Å². The summed E-state index contributed by atoms with van der Waals surface area (Å²) in [6.07, 6.45) is 2.49. The highest BCUT2D eigenvalue weighted by Crippen LogP contribution is 2.17. The molecule has 0 aliphatic heterocycles. The van der Waals surface area contributed by atoms with Crippen LogP contribution in [0.4, 0.5) is 5.69 Å². The molecule has 0 amide bonds. The van der Waals surface area contributed by atoms with E-state index in [2.05, 4.69) is 60.0 Å². The molecule has 0 heterocycles. The fourth-order valence-corrected chi connectivity index (χ4v) is 1.87. The van der Waals surface area contributed by atoms with Crippen LogP contribution in [-0.2, 0) is 0 Å². The molecule has 1 rings (SSSR count). The second-order valence-electron chi connectivity index (χ2n) is 3.24. The summed E-state index contributed by atoms with van der Waals surface area (Å²) in [5.74, 6) is 0. The van der Waals surface area contributed by atoms with Gasteiger partial charge in [0.15, 0.2) is 0 Å². The lowest BCUT2D eigenvalue weighted by Crippen LogP contribution is -2.02.